The van der Waals surface area contributed by atoms with Gasteiger partial charge in [-0.3, -0.25) is 4.98 Å². The zero-order valence-electron chi connectivity index (χ0n) is 16.6. The highest BCUT2D eigenvalue weighted by Crippen LogP contribution is 2.24. The van der Waals surface area contributed by atoms with Crippen LogP contribution in [0.3, 0.4) is 0 Å². The fourth-order valence-electron chi connectivity index (χ4n) is 3.43. The third-order valence-corrected chi connectivity index (χ3v) is 6.96. The molecule has 4 rings (SSSR count). The maximum Gasteiger partial charge on any atom is 0.338 e. The van der Waals surface area contributed by atoms with Crippen molar-refractivity contribution in [2.45, 2.75) is 30.4 Å². The molecule has 31 heavy (non-hydrogen) atoms. The van der Waals surface area contributed by atoms with Gasteiger partial charge >= 0.3 is 5.97 Å². The summed E-state index contributed by atoms with van der Waals surface area (Å²) in [6, 6.07) is 13.4. The van der Waals surface area contributed by atoms with Gasteiger partial charge in [-0.1, -0.05) is 35.9 Å². The van der Waals surface area contributed by atoms with E-state index >= 15 is 0 Å². The number of para-hydroxylation sites is 1. The molecule has 1 atom stereocenters. The predicted molar refractivity (Wildman–Crippen MR) is 116 cm³/mol. The summed E-state index contributed by atoms with van der Waals surface area (Å²) in [5.41, 5.74) is 1.59. The molecule has 162 valence electrons. The Labute approximate surface area is 185 Å². The lowest BCUT2D eigenvalue weighted by Crippen LogP contribution is -2.32. The van der Waals surface area contributed by atoms with Crippen LogP contribution in [0.15, 0.2) is 59.6 Å². The Bertz CT molecular complexity index is 1200. The second-order valence-electron chi connectivity index (χ2n) is 7.20. The van der Waals surface area contributed by atoms with Gasteiger partial charge in [0.2, 0.25) is 10.0 Å². The van der Waals surface area contributed by atoms with Gasteiger partial charge in [-0.15, -0.1) is 0 Å². The molecule has 0 aliphatic carbocycles. The number of halogens is 1. The van der Waals surface area contributed by atoms with E-state index in [0.717, 1.165) is 29.3 Å². The van der Waals surface area contributed by atoms with E-state index in [2.05, 4.69) is 9.71 Å². The monoisotopic (exact) mass is 460 g/mol. The Kier molecular flexibility index (Phi) is 6.52. The summed E-state index contributed by atoms with van der Waals surface area (Å²) in [6.45, 7) is 0.789. The lowest BCUT2D eigenvalue weighted by Gasteiger charge is -2.13. The van der Waals surface area contributed by atoms with Crippen LogP contribution < -0.4 is 4.72 Å². The molecule has 1 N–H and O–H groups in total. The third kappa shape index (κ3) is 5.04. The van der Waals surface area contributed by atoms with Gasteiger partial charge in [0.15, 0.2) is 0 Å². The number of fused-ring (bicyclic) bond motifs is 1. The smallest absolute Gasteiger partial charge is 0.338 e. The van der Waals surface area contributed by atoms with E-state index in [1.54, 1.807) is 6.20 Å². The fourth-order valence-corrected chi connectivity index (χ4v) is 5.02. The fraction of sp³-hybridized carbons (Fsp3) is 0.273. The normalized spacial score (nSPS) is 16.5. The van der Waals surface area contributed by atoms with Gasteiger partial charge in [-0.05, 0) is 37.1 Å². The van der Waals surface area contributed by atoms with E-state index in [0.29, 0.717) is 6.61 Å². The van der Waals surface area contributed by atoms with Crippen LogP contribution in [0, 0.1) is 0 Å². The zero-order chi connectivity index (χ0) is 21.8. The van der Waals surface area contributed by atoms with Crippen LogP contribution in [0.4, 0.5) is 0 Å². The number of pyridine rings is 1. The first-order chi connectivity index (χ1) is 14.9. The molecule has 9 heteroatoms. The minimum Gasteiger partial charge on any atom is -0.457 e. The van der Waals surface area contributed by atoms with E-state index in [4.69, 9.17) is 21.1 Å². The van der Waals surface area contributed by atoms with Crippen LogP contribution in [0.2, 0.25) is 5.02 Å². The van der Waals surface area contributed by atoms with Crippen molar-refractivity contribution in [1.82, 2.24) is 9.71 Å². The van der Waals surface area contributed by atoms with Crippen molar-refractivity contribution in [2.75, 3.05) is 13.2 Å². The first-order valence-corrected chi connectivity index (χ1v) is 11.7. The lowest BCUT2D eigenvalue weighted by atomic mass is 10.1. The molecule has 2 aromatic carbocycles. The first kappa shape index (κ1) is 21.7. The van der Waals surface area contributed by atoms with Gasteiger partial charge in [0.1, 0.15) is 11.5 Å². The number of aromatic nitrogens is 1. The molecule has 1 unspecified atom stereocenters. The van der Waals surface area contributed by atoms with E-state index in [1.807, 2.05) is 30.3 Å². The van der Waals surface area contributed by atoms with Crippen molar-refractivity contribution in [3.63, 3.8) is 0 Å². The zero-order valence-corrected chi connectivity index (χ0v) is 18.2. The van der Waals surface area contributed by atoms with Gasteiger partial charge < -0.3 is 9.47 Å². The Balaban J connectivity index is 1.48. The third-order valence-electron chi connectivity index (χ3n) is 5.06. The molecule has 0 radical (unpaired) electrons. The van der Waals surface area contributed by atoms with Gasteiger partial charge in [0.25, 0.3) is 0 Å². The first-order valence-electron chi connectivity index (χ1n) is 9.84. The minimum absolute atomic E-state index is 0.00909. The maximum atomic E-state index is 12.7. The molecule has 1 saturated heterocycles. The van der Waals surface area contributed by atoms with Crippen LogP contribution in [0.1, 0.15) is 28.8 Å². The molecule has 1 aliphatic rings. The van der Waals surface area contributed by atoms with E-state index in [1.165, 1.54) is 18.2 Å². The van der Waals surface area contributed by atoms with Crippen LogP contribution in [-0.2, 0) is 26.1 Å². The maximum absolute atomic E-state index is 12.7. The second kappa shape index (κ2) is 9.32. The molecule has 2 heterocycles. The summed E-state index contributed by atoms with van der Waals surface area (Å²) in [7, 11) is -3.91. The molecule has 0 bridgehead atoms. The van der Waals surface area contributed by atoms with Gasteiger partial charge in [0, 0.05) is 30.3 Å². The molecule has 7 nitrogen and oxygen atoms in total. The van der Waals surface area contributed by atoms with E-state index < -0.39 is 16.0 Å². The lowest BCUT2D eigenvalue weighted by molar-refractivity contribution is 0.0474. The van der Waals surface area contributed by atoms with Crippen molar-refractivity contribution in [1.29, 1.82) is 0 Å². The molecule has 3 aromatic rings. The van der Waals surface area contributed by atoms with E-state index in [9.17, 15) is 13.2 Å². The average Bonchev–Trinajstić information content (AvgIpc) is 3.30. The average molecular weight is 461 g/mol. The van der Waals surface area contributed by atoms with Crippen molar-refractivity contribution in [2.24, 2.45) is 0 Å². The highest BCUT2D eigenvalue weighted by molar-refractivity contribution is 7.89. The van der Waals surface area contributed by atoms with Crippen molar-refractivity contribution < 1.29 is 22.7 Å². The highest BCUT2D eigenvalue weighted by atomic mass is 35.5. The summed E-state index contributed by atoms with van der Waals surface area (Å²) in [5.74, 6) is -0.653. The number of nitrogens with one attached hydrogen (secondary N) is 1. The standard InChI is InChI=1S/C22H21ClN2O5S/c23-19-9-8-16(12-20(19)31(27,28)25-13-18-7-3-11-29-18)22(26)30-14-17-5-1-4-15-6-2-10-24-21(15)17/h1-2,4-6,8-10,12,18,25H,3,7,11,13-14H2. The number of rotatable bonds is 7. The summed E-state index contributed by atoms with van der Waals surface area (Å²) >= 11 is 6.11. The molecular weight excluding hydrogens is 440 g/mol. The van der Waals surface area contributed by atoms with Crippen LogP contribution >= 0.6 is 11.6 Å². The topological polar surface area (TPSA) is 94.6 Å². The molecule has 0 spiro atoms. The summed E-state index contributed by atoms with van der Waals surface area (Å²) in [6.07, 6.45) is 3.22. The van der Waals surface area contributed by atoms with Crippen LogP contribution in [-0.4, -0.2) is 38.6 Å². The van der Waals surface area contributed by atoms with Gasteiger partial charge in [-0.25, -0.2) is 17.9 Å². The number of sulfonamides is 1. The summed E-state index contributed by atoms with van der Waals surface area (Å²) in [4.78, 5) is 16.8. The number of hydrogen-bond acceptors (Lipinski definition) is 6. The van der Waals surface area contributed by atoms with Gasteiger partial charge in [0.05, 0.1) is 22.2 Å². The van der Waals surface area contributed by atoms with Crippen molar-refractivity contribution >= 4 is 38.5 Å². The number of hydrogen-bond donors (Lipinski definition) is 1. The SMILES string of the molecule is O=C(OCc1cccc2cccnc12)c1ccc(Cl)c(S(=O)(=O)NCC2CCCO2)c1. The summed E-state index contributed by atoms with van der Waals surface area (Å²) in [5, 5.41) is 0.961. The molecule has 0 amide bonds. The molecule has 1 aromatic heterocycles. The summed E-state index contributed by atoms with van der Waals surface area (Å²) < 4.78 is 38.8. The highest BCUT2D eigenvalue weighted by Gasteiger charge is 2.23. The van der Waals surface area contributed by atoms with E-state index in [-0.39, 0.29) is 34.7 Å². The number of benzene rings is 2. The molecule has 0 saturated carbocycles. The Morgan fingerprint density at radius 3 is 2.87 bits per heavy atom. The number of nitrogens with zero attached hydrogens (tertiary/aromatic N) is 1. The minimum atomic E-state index is -3.91. The van der Waals surface area contributed by atoms with Crippen LogP contribution in [0.5, 0.6) is 0 Å². The van der Waals surface area contributed by atoms with Crippen molar-refractivity contribution in [3.8, 4) is 0 Å². The number of carbonyl (C=O) groups excluding carboxylic acids is 1. The number of esters is 1. The number of carbonyl (C=O) groups is 1. The quantitative estimate of drug-likeness (QED) is 0.540. The predicted octanol–water partition coefficient (Wildman–Crippen LogP) is 3.70. The van der Waals surface area contributed by atoms with Crippen molar-refractivity contribution in [3.05, 3.63) is 70.9 Å². The second-order valence-corrected chi connectivity index (χ2v) is 9.34. The van der Waals surface area contributed by atoms with Gasteiger partial charge in [-0.2, -0.15) is 0 Å². The number of ether oxygens (including phenoxy) is 2. The molecule has 1 aliphatic heterocycles. The Hall–Kier alpha value is -2.52. The Morgan fingerprint density at radius 2 is 2.06 bits per heavy atom. The largest absolute Gasteiger partial charge is 0.457 e. The Morgan fingerprint density at radius 1 is 1.23 bits per heavy atom. The molecular formula is C22H21ClN2O5S. The molecule has 1 fully saturated rings. The van der Waals surface area contributed by atoms with Crippen LogP contribution in [0.25, 0.3) is 10.9 Å².